The van der Waals surface area contributed by atoms with E-state index in [0.29, 0.717) is 12.1 Å². The molecule has 3 aliphatic rings. The lowest BCUT2D eigenvalue weighted by Gasteiger charge is -2.29. The maximum absolute atomic E-state index is 12.8. The normalized spacial score (nSPS) is 29.7. The van der Waals surface area contributed by atoms with E-state index in [-0.39, 0.29) is 6.04 Å². The van der Waals surface area contributed by atoms with E-state index < -0.39 is 0 Å². The monoisotopic (exact) mass is 292 g/mol. The summed E-state index contributed by atoms with van der Waals surface area (Å²) in [6, 6.07) is 0.0977. The fourth-order valence-corrected chi connectivity index (χ4v) is 4.05. The first-order valence-corrected chi connectivity index (χ1v) is 9.31. The summed E-state index contributed by atoms with van der Waals surface area (Å²) in [7, 11) is 0. The van der Waals surface area contributed by atoms with Crippen LogP contribution >= 0.6 is 0 Å². The van der Waals surface area contributed by atoms with Gasteiger partial charge in [-0.25, -0.2) is 0 Å². The van der Waals surface area contributed by atoms with Crippen LogP contribution in [0.2, 0.25) is 0 Å². The summed E-state index contributed by atoms with van der Waals surface area (Å²) in [4.78, 5) is 15.0. The van der Waals surface area contributed by atoms with E-state index in [1.54, 1.807) is 0 Å². The molecule has 0 aromatic heterocycles. The summed E-state index contributed by atoms with van der Waals surface area (Å²) in [6.07, 6.45) is 11.6. The molecule has 1 N–H and O–H groups in total. The second-order valence-corrected chi connectivity index (χ2v) is 7.50. The van der Waals surface area contributed by atoms with Crippen LogP contribution in [0.3, 0.4) is 0 Å². The van der Waals surface area contributed by atoms with Gasteiger partial charge in [-0.3, -0.25) is 10.1 Å². The molecule has 0 aromatic carbocycles. The summed E-state index contributed by atoms with van der Waals surface area (Å²) >= 11 is 0. The Balaban J connectivity index is 1.63. The van der Waals surface area contributed by atoms with Gasteiger partial charge in [0, 0.05) is 6.54 Å². The van der Waals surface area contributed by atoms with E-state index in [9.17, 15) is 4.79 Å². The molecular formula is C18H32N2O. The molecule has 21 heavy (non-hydrogen) atoms. The zero-order valence-corrected chi connectivity index (χ0v) is 13.8. The van der Waals surface area contributed by atoms with E-state index in [1.165, 1.54) is 32.1 Å². The minimum absolute atomic E-state index is 0.0977. The van der Waals surface area contributed by atoms with E-state index in [1.807, 2.05) is 0 Å². The molecule has 1 amide bonds. The molecular weight excluding hydrogens is 260 g/mol. The van der Waals surface area contributed by atoms with E-state index in [4.69, 9.17) is 0 Å². The van der Waals surface area contributed by atoms with Crippen LogP contribution in [0.4, 0.5) is 0 Å². The van der Waals surface area contributed by atoms with Gasteiger partial charge in [0.15, 0.2) is 0 Å². The van der Waals surface area contributed by atoms with Gasteiger partial charge in [0.25, 0.3) is 0 Å². The molecule has 1 aliphatic heterocycles. The number of hydrogen-bond acceptors (Lipinski definition) is 2. The summed E-state index contributed by atoms with van der Waals surface area (Å²) in [5.74, 6) is 3.07. The van der Waals surface area contributed by atoms with Crippen LogP contribution < -0.4 is 5.32 Å². The molecule has 1 heterocycles. The van der Waals surface area contributed by atoms with Crippen LogP contribution in [0.25, 0.3) is 0 Å². The molecule has 1 saturated heterocycles. The van der Waals surface area contributed by atoms with Crippen LogP contribution in [0, 0.1) is 17.8 Å². The van der Waals surface area contributed by atoms with Gasteiger partial charge in [0.1, 0.15) is 0 Å². The lowest BCUT2D eigenvalue weighted by molar-refractivity contribution is -0.131. The van der Waals surface area contributed by atoms with Crippen molar-refractivity contribution in [2.45, 2.75) is 83.8 Å². The van der Waals surface area contributed by atoms with Crippen molar-refractivity contribution in [3.05, 3.63) is 0 Å². The fraction of sp³-hybridized carbons (Fsp3) is 0.944. The highest BCUT2D eigenvalue weighted by Gasteiger charge is 2.46. The average molecular weight is 292 g/mol. The molecule has 2 aliphatic carbocycles. The van der Waals surface area contributed by atoms with Crippen molar-refractivity contribution in [3.8, 4) is 0 Å². The highest BCUT2D eigenvalue weighted by Crippen LogP contribution is 2.49. The molecule has 3 nitrogen and oxygen atoms in total. The highest BCUT2D eigenvalue weighted by molar-refractivity contribution is 5.84. The molecule has 120 valence electrons. The van der Waals surface area contributed by atoms with Gasteiger partial charge in [-0.2, -0.15) is 0 Å². The fourth-order valence-electron chi connectivity index (χ4n) is 4.05. The van der Waals surface area contributed by atoms with Crippen molar-refractivity contribution in [3.63, 3.8) is 0 Å². The Labute approximate surface area is 129 Å². The van der Waals surface area contributed by atoms with Crippen LogP contribution in [-0.2, 0) is 4.79 Å². The zero-order chi connectivity index (χ0) is 14.8. The van der Waals surface area contributed by atoms with E-state index in [0.717, 1.165) is 50.0 Å². The zero-order valence-electron chi connectivity index (χ0n) is 13.8. The number of carbonyl (C=O) groups is 1. The predicted octanol–water partition coefficient (Wildman–Crippen LogP) is 3.54. The van der Waals surface area contributed by atoms with Crippen LogP contribution in [0.1, 0.15) is 71.6 Å². The highest BCUT2D eigenvalue weighted by atomic mass is 16.2. The van der Waals surface area contributed by atoms with Gasteiger partial charge in [0.2, 0.25) is 5.91 Å². The largest absolute Gasteiger partial charge is 0.325 e. The summed E-state index contributed by atoms with van der Waals surface area (Å²) in [5, 5.41) is 3.63. The van der Waals surface area contributed by atoms with Crippen molar-refractivity contribution in [1.82, 2.24) is 10.2 Å². The number of unbranched alkanes of at least 4 members (excludes halogenated alkanes) is 1. The van der Waals surface area contributed by atoms with Crippen LogP contribution in [0.5, 0.6) is 0 Å². The number of carbonyl (C=O) groups excluding carboxylic acids is 1. The van der Waals surface area contributed by atoms with Crippen LogP contribution in [0.15, 0.2) is 0 Å². The molecule has 0 aromatic rings. The van der Waals surface area contributed by atoms with Crippen molar-refractivity contribution < 1.29 is 4.79 Å². The first kappa shape index (κ1) is 15.3. The summed E-state index contributed by atoms with van der Waals surface area (Å²) in [6.45, 7) is 5.47. The third-order valence-electron chi connectivity index (χ3n) is 5.62. The van der Waals surface area contributed by atoms with Crippen molar-refractivity contribution in [2.75, 3.05) is 6.54 Å². The minimum atomic E-state index is 0.0977. The third-order valence-corrected chi connectivity index (χ3v) is 5.62. The Bertz CT molecular complexity index is 350. The summed E-state index contributed by atoms with van der Waals surface area (Å²) < 4.78 is 0. The molecule has 2 saturated carbocycles. The Morgan fingerprint density at radius 1 is 1.10 bits per heavy atom. The second-order valence-electron chi connectivity index (χ2n) is 7.50. The quantitative estimate of drug-likeness (QED) is 0.705. The van der Waals surface area contributed by atoms with Crippen molar-refractivity contribution >= 4 is 5.91 Å². The summed E-state index contributed by atoms with van der Waals surface area (Å²) in [5.41, 5.74) is 0. The standard InChI is InChI=1S/C18H32N2O/c1-3-5-7-16-18(21)20(17(19-16)6-4-2)12-15(13-8-9-13)14-10-11-14/h13-17,19H,3-12H2,1-2H3. The molecule has 3 rings (SSSR count). The SMILES string of the molecule is CCCCC1NC(CCC)N(CC(C2CC2)C2CC2)C1=O. The third kappa shape index (κ3) is 3.61. The second kappa shape index (κ2) is 6.68. The molecule has 2 atom stereocenters. The van der Waals surface area contributed by atoms with Gasteiger partial charge in [0.05, 0.1) is 12.2 Å². The Hall–Kier alpha value is -0.570. The molecule has 3 heteroatoms. The number of amides is 1. The lowest BCUT2D eigenvalue weighted by Crippen LogP contribution is -2.41. The maximum Gasteiger partial charge on any atom is 0.241 e. The van der Waals surface area contributed by atoms with Gasteiger partial charge >= 0.3 is 0 Å². The smallest absolute Gasteiger partial charge is 0.241 e. The minimum Gasteiger partial charge on any atom is -0.325 e. The lowest BCUT2D eigenvalue weighted by atomic mass is 9.96. The molecule has 3 fully saturated rings. The number of nitrogens with zero attached hydrogens (tertiary/aromatic N) is 1. The Kier molecular flexibility index (Phi) is 4.88. The van der Waals surface area contributed by atoms with Crippen LogP contribution in [-0.4, -0.2) is 29.6 Å². The molecule has 0 radical (unpaired) electrons. The molecule has 2 unspecified atom stereocenters. The van der Waals surface area contributed by atoms with Gasteiger partial charge in [-0.15, -0.1) is 0 Å². The molecule has 0 spiro atoms. The average Bonchev–Trinajstić information content (AvgIpc) is 3.36. The predicted molar refractivity (Wildman–Crippen MR) is 85.8 cm³/mol. The number of rotatable bonds is 9. The molecule has 0 bridgehead atoms. The first-order chi connectivity index (χ1) is 10.2. The number of nitrogens with one attached hydrogen (secondary N) is 1. The van der Waals surface area contributed by atoms with Gasteiger partial charge in [-0.05, 0) is 56.3 Å². The van der Waals surface area contributed by atoms with Gasteiger partial charge in [-0.1, -0.05) is 33.1 Å². The maximum atomic E-state index is 12.8. The number of hydrogen-bond donors (Lipinski definition) is 1. The van der Waals surface area contributed by atoms with Crippen molar-refractivity contribution in [1.29, 1.82) is 0 Å². The van der Waals surface area contributed by atoms with E-state index >= 15 is 0 Å². The first-order valence-electron chi connectivity index (χ1n) is 9.31. The Morgan fingerprint density at radius 3 is 2.29 bits per heavy atom. The van der Waals surface area contributed by atoms with Gasteiger partial charge < -0.3 is 4.90 Å². The van der Waals surface area contributed by atoms with E-state index in [2.05, 4.69) is 24.1 Å². The van der Waals surface area contributed by atoms with Crippen molar-refractivity contribution in [2.24, 2.45) is 17.8 Å². The topological polar surface area (TPSA) is 32.3 Å². The Morgan fingerprint density at radius 2 is 1.76 bits per heavy atom.